The van der Waals surface area contributed by atoms with Crippen LogP contribution in [0.15, 0.2) is 30.3 Å². The van der Waals surface area contributed by atoms with Crippen LogP contribution < -0.4 is 0 Å². The van der Waals surface area contributed by atoms with Crippen molar-refractivity contribution < 1.29 is 18.4 Å². The standard InChI is InChI=1S/C19H31IO4S/c1-18(2,10-12-22-19(3,4)11-13-24-25-20)23-15-14-21-16-17-8-6-5-7-9-17/h5-9H,10-16H2,1-4H3. The van der Waals surface area contributed by atoms with Crippen molar-refractivity contribution >= 4 is 30.4 Å². The molecule has 1 aromatic rings. The first-order chi connectivity index (χ1) is 11.8. The third-order valence-electron chi connectivity index (χ3n) is 3.86. The smallest absolute Gasteiger partial charge is 0.0718 e. The molecule has 0 saturated carbocycles. The zero-order valence-electron chi connectivity index (χ0n) is 15.8. The number of hydrogen-bond donors (Lipinski definition) is 0. The van der Waals surface area contributed by atoms with Crippen molar-refractivity contribution in [3.8, 4) is 0 Å². The number of hydrogen-bond acceptors (Lipinski definition) is 5. The van der Waals surface area contributed by atoms with Crippen molar-refractivity contribution in [2.24, 2.45) is 0 Å². The number of halogens is 1. The molecule has 144 valence electrons. The lowest BCUT2D eigenvalue weighted by Crippen LogP contribution is -2.32. The summed E-state index contributed by atoms with van der Waals surface area (Å²) in [6.07, 6.45) is 1.72. The average Bonchev–Trinajstić information content (AvgIpc) is 2.55. The Bertz CT molecular complexity index is 454. The van der Waals surface area contributed by atoms with Gasteiger partial charge in [0.15, 0.2) is 0 Å². The molecule has 4 nitrogen and oxygen atoms in total. The van der Waals surface area contributed by atoms with Crippen LogP contribution in [0.3, 0.4) is 0 Å². The Kier molecular flexibility index (Phi) is 11.6. The van der Waals surface area contributed by atoms with Gasteiger partial charge in [-0.05, 0) is 39.7 Å². The van der Waals surface area contributed by atoms with E-state index in [9.17, 15) is 0 Å². The van der Waals surface area contributed by atoms with Crippen LogP contribution in [0.1, 0.15) is 46.1 Å². The second kappa shape index (κ2) is 12.5. The molecule has 0 bridgehead atoms. The molecular weight excluding hydrogens is 451 g/mol. The molecule has 0 aromatic heterocycles. The lowest BCUT2D eigenvalue weighted by Gasteiger charge is -2.29. The zero-order valence-corrected chi connectivity index (χ0v) is 18.7. The van der Waals surface area contributed by atoms with E-state index in [1.54, 1.807) is 0 Å². The molecule has 6 heteroatoms. The van der Waals surface area contributed by atoms with Crippen molar-refractivity contribution in [1.29, 1.82) is 0 Å². The maximum absolute atomic E-state index is 5.99. The van der Waals surface area contributed by atoms with Crippen molar-refractivity contribution in [2.45, 2.75) is 58.3 Å². The average molecular weight is 482 g/mol. The second-order valence-electron chi connectivity index (χ2n) is 7.14. The Balaban J connectivity index is 2.12. The van der Waals surface area contributed by atoms with Gasteiger partial charge in [0, 0.05) is 27.6 Å². The first kappa shape index (κ1) is 23.2. The quantitative estimate of drug-likeness (QED) is 0.196. The predicted molar refractivity (Wildman–Crippen MR) is 113 cm³/mol. The molecule has 0 aliphatic heterocycles. The molecule has 1 aromatic carbocycles. The van der Waals surface area contributed by atoms with Gasteiger partial charge in [0.1, 0.15) is 0 Å². The van der Waals surface area contributed by atoms with E-state index in [-0.39, 0.29) is 11.2 Å². The number of ether oxygens (including phenoxy) is 3. The van der Waals surface area contributed by atoms with E-state index in [1.165, 1.54) is 14.8 Å². The third-order valence-corrected chi connectivity index (χ3v) is 4.88. The maximum atomic E-state index is 5.99. The van der Waals surface area contributed by atoms with Crippen LogP contribution in [0.5, 0.6) is 0 Å². The van der Waals surface area contributed by atoms with Gasteiger partial charge in [0.05, 0.1) is 53.5 Å². The largest absolute Gasteiger partial charge is 0.375 e. The Morgan fingerprint density at radius 1 is 0.840 bits per heavy atom. The summed E-state index contributed by atoms with van der Waals surface area (Å²) < 4.78 is 22.9. The Morgan fingerprint density at radius 3 is 2.08 bits per heavy atom. The molecule has 0 spiro atoms. The third kappa shape index (κ3) is 12.2. The SMILES string of the molecule is CC(C)(CCOSI)OCCC(C)(C)OCCOCc1ccccc1. The molecule has 0 saturated heterocycles. The Labute approximate surface area is 169 Å². The summed E-state index contributed by atoms with van der Waals surface area (Å²) in [6.45, 7) is 11.5. The van der Waals surface area contributed by atoms with Crippen LogP contribution in [0.25, 0.3) is 0 Å². The van der Waals surface area contributed by atoms with E-state index in [0.29, 0.717) is 33.0 Å². The van der Waals surface area contributed by atoms with Crippen LogP contribution >= 0.6 is 30.4 Å². The monoisotopic (exact) mass is 482 g/mol. The molecule has 0 N–H and O–H groups in total. The van der Waals surface area contributed by atoms with E-state index < -0.39 is 0 Å². The molecule has 0 atom stereocenters. The number of rotatable bonds is 14. The van der Waals surface area contributed by atoms with Crippen LogP contribution in [-0.4, -0.2) is 37.6 Å². The van der Waals surface area contributed by atoms with Gasteiger partial charge in [-0.15, -0.1) is 0 Å². The van der Waals surface area contributed by atoms with Crippen molar-refractivity contribution in [3.63, 3.8) is 0 Å². The van der Waals surface area contributed by atoms with Gasteiger partial charge in [0.25, 0.3) is 0 Å². The minimum Gasteiger partial charge on any atom is -0.375 e. The van der Waals surface area contributed by atoms with Crippen molar-refractivity contribution in [3.05, 3.63) is 35.9 Å². The molecule has 0 amide bonds. The van der Waals surface area contributed by atoms with E-state index in [0.717, 1.165) is 12.8 Å². The lowest BCUT2D eigenvalue weighted by atomic mass is 10.0. The molecule has 0 aliphatic carbocycles. The fourth-order valence-corrected chi connectivity index (χ4v) is 2.86. The minimum atomic E-state index is -0.221. The highest BCUT2D eigenvalue weighted by Gasteiger charge is 2.22. The highest BCUT2D eigenvalue weighted by Crippen LogP contribution is 2.21. The van der Waals surface area contributed by atoms with Gasteiger partial charge in [-0.3, -0.25) is 0 Å². The zero-order chi connectivity index (χ0) is 18.6. The summed E-state index contributed by atoms with van der Waals surface area (Å²) >= 11 is 2.13. The molecule has 0 heterocycles. The first-order valence-electron chi connectivity index (χ1n) is 8.64. The summed E-state index contributed by atoms with van der Waals surface area (Å²) in [5, 5.41) is 0. The minimum absolute atomic E-state index is 0.179. The molecule has 1 rings (SSSR count). The van der Waals surface area contributed by atoms with Gasteiger partial charge in [0.2, 0.25) is 0 Å². The van der Waals surface area contributed by atoms with E-state index in [1.807, 2.05) is 18.2 Å². The van der Waals surface area contributed by atoms with Gasteiger partial charge in [-0.25, -0.2) is 0 Å². The molecule has 0 fully saturated rings. The molecule has 0 aliphatic rings. The van der Waals surface area contributed by atoms with E-state index >= 15 is 0 Å². The molecule has 0 radical (unpaired) electrons. The normalized spacial score (nSPS) is 12.5. The second-order valence-corrected chi connectivity index (χ2v) is 8.58. The fourth-order valence-electron chi connectivity index (χ4n) is 2.18. The van der Waals surface area contributed by atoms with E-state index in [4.69, 9.17) is 18.4 Å². The van der Waals surface area contributed by atoms with Gasteiger partial charge < -0.3 is 18.4 Å². The fraction of sp³-hybridized carbons (Fsp3) is 0.684. The topological polar surface area (TPSA) is 36.9 Å². The molecule has 25 heavy (non-hydrogen) atoms. The highest BCUT2D eigenvalue weighted by molar-refractivity contribution is 14.2. The number of benzene rings is 1. The summed E-state index contributed by atoms with van der Waals surface area (Å²) in [7, 11) is 1.36. The van der Waals surface area contributed by atoms with Gasteiger partial charge in [-0.1, -0.05) is 30.3 Å². The molecular formula is C19H31IO4S. The Hall–Kier alpha value is 0.140. The van der Waals surface area contributed by atoms with E-state index in [2.05, 4.69) is 61.0 Å². The van der Waals surface area contributed by atoms with Crippen LogP contribution in [0, 0.1) is 0 Å². The van der Waals surface area contributed by atoms with Crippen LogP contribution in [0.2, 0.25) is 0 Å². The van der Waals surface area contributed by atoms with Crippen LogP contribution in [-0.2, 0) is 25.0 Å². The van der Waals surface area contributed by atoms with Gasteiger partial charge >= 0.3 is 0 Å². The molecule has 0 unspecified atom stereocenters. The van der Waals surface area contributed by atoms with Gasteiger partial charge in [-0.2, -0.15) is 0 Å². The predicted octanol–water partition coefficient (Wildman–Crippen LogP) is 5.59. The highest BCUT2D eigenvalue weighted by atomic mass is 127. The lowest BCUT2D eigenvalue weighted by molar-refractivity contribution is -0.0871. The Morgan fingerprint density at radius 2 is 1.44 bits per heavy atom. The summed E-state index contributed by atoms with van der Waals surface area (Å²) in [4.78, 5) is 0. The summed E-state index contributed by atoms with van der Waals surface area (Å²) in [5.41, 5.74) is 0.782. The maximum Gasteiger partial charge on any atom is 0.0718 e. The first-order valence-corrected chi connectivity index (χ1v) is 11.9. The summed E-state index contributed by atoms with van der Waals surface area (Å²) in [5.74, 6) is 0. The summed E-state index contributed by atoms with van der Waals surface area (Å²) in [6, 6.07) is 10.2. The van der Waals surface area contributed by atoms with Crippen molar-refractivity contribution in [2.75, 3.05) is 26.4 Å². The van der Waals surface area contributed by atoms with Crippen LogP contribution in [0.4, 0.5) is 0 Å². The van der Waals surface area contributed by atoms with Crippen molar-refractivity contribution in [1.82, 2.24) is 0 Å².